The molecule has 8 heteroatoms. The molecule has 2 N–H and O–H groups in total. The molecule has 0 atom stereocenters. The molecule has 23 heavy (non-hydrogen) atoms. The summed E-state index contributed by atoms with van der Waals surface area (Å²) in [6.07, 6.45) is 2.26. The molecule has 0 saturated carbocycles. The van der Waals surface area contributed by atoms with Gasteiger partial charge in [-0.1, -0.05) is 30.3 Å². The van der Waals surface area contributed by atoms with Crippen LogP contribution in [-0.4, -0.2) is 26.0 Å². The van der Waals surface area contributed by atoms with Crippen molar-refractivity contribution in [1.82, 2.24) is 25.3 Å². The Labute approximate surface area is 130 Å². The van der Waals surface area contributed by atoms with Crippen LogP contribution in [0.3, 0.4) is 0 Å². The van der Waals surface area contributed by atoms with Crippen LogP contribution in [-0.2, 0) is 17.9 Å². The Hall–Kier alpha value is -3.29. The number of H-pyrrole nitrogens is 1. The normalized spacial score (nSPS) is 10.4. The average molecular weight is 311 g/mol. The number of rotatable bonds is 4. The highest BCUT2D eigenvalue weighted by Crippen LogP contribution is 2.01. The van der Waals surface area contributed by atoms with E-state index in [1.54, 1.807) is 0 Å². The molecule has 1 aromatic carbocycles. The van der Waals surface area contributed by atoms with Gasteiger partial charge in [0, 0.05) is 12.4 Å². The van der Waals surface area contributed by atoms with Crippen LogP contribution >= 0.6 is 0 Å². The summed E-state index contributed by atoms with van der Waals surface area (Å²) in [5.74, 6) is 0.277. The molecule has 0 unspecified atom stereocenters. The summed E-state index contributed by atoms with van der Waals surface area (Å²) in [6, 6.07) is 9.32. The Morgan fingerprint density at radius 3 is 2.78 bits per heavy atom. The fraction of sp³-hybridized carbons (Fsp3) is 0.133. The number of amides is 1. The molecule has 3 rings (SSSR count). The molecule has 2 aromatic heterocycles. The van der Waals surface area contributed by atoms with E-state index in [1.165, 1.54) is 12.4 Å². The van der Waals surface area contributed by atoms with Crippen molar-refractivity contribution >= 4 is 17.3 Å². The van der Waals surface area contributed by atoms with Crippen molar-refractivity contribution in [1.29, 1.82) is 0 Å². The summed E-state index contributed by atoms with van der Waals surface area (Å²) in [6.45, 7) is 0.190. The van der Waals surface area contributed by atoms with E-state index < -0.39 is 11.7 Å². The highest BCUT2D eigenvalue weighted by Gasteiger charge is 2.07. The van der Waals surface area contributed by atoms with Crippen LogP contribution in [0.5, 0.6) is 0 Å². The van der Waals surface area contributed by atoms with Gasteiger partial charge in [-0.2, -0.15) is 0 Å². The molecule has 116 valence electrons. The number of carbonyl (C=O) groups excluding carboxylic acids is 1. The van der Waals surface area contributed by atoms with Gasteiger partial charge in [0.15, 0.2) is 11.2 Å². The molecular formula is C15H13N5O3. The molecule has 0 saturated heterocycles. The number of nitrogens with zero attached hydrogens (tertiary/aromatic N) is 3. The van der Waals surface area contributed by atoms with E-state index in [1.807, 2.05) is 30.3 Å². The predicted molar refractivity (Wildman–Crippen MR) is 81.4 cm³/mol. The van der Waals surface area contributed by atoms with Crippen molar-refractivity contribution in [2.24, 2.45) is 0 Å². The second-order valence-corrected chi connectivity index (χ2v) is 4.66. The van der Waals surface area contributed by atoms with Crippen molar-refractivity contribution in [3.8, 4) is 0 Å². The van der Waals surface area contributed by atoms with Gasteiger partial charge in [-0.3, -0.25) is 4.79 Å². The number of aromatic nitrogens is 4. The van der Waals surface area contributed by atoms with E-state index in [2.05, 4.69) is 25.3 Å². The smallest absolute Gasteiger partial charge is 0.407 e. The van der Waals surface area contributed by atoms with E-state index in [4.69, 9.17) is 4.74 Å². The summed E-state index contributed by atoms with van der Waals surface area (Å²) in [5, 5.41) is 2.52. The van der Waals surface area contributed by atoms with Crippen molar-refractivity contribution in [3.63, 3.8) is 0 Å². The maximum Gasteiger partial charge on any atom is 0.407 e. The summed E-state index contributed by atoms with van der Waals surface area (Å²) < 4.78 is 5.07. The van der Waals surface area contributed by atoms with Crippen LogP contribution in [0.25, 0.3) is 11.2 Å². The summed E-state index contributed by atoms with van der Waals surface area (Å²) in [4.78, 5) is 38.0. The minimum Gasteiger partial charge on any atom is -0.445 e. The highest BCUT2D eigenvalue weighted by molar-refractivity contribution is 5.68. The van der Waals surface area contributed by atoms with Crippen molar-refractivity contribution in [2.45, 2.75) is 13.2 Å². The first-order chi connectivity index (χ1) is 11.2. The third-order valence-corrected chi connectivity index (χ3v) is 3.01. The number of ether oxygens (including phenoxy) is 1. The van der Waals surface area contributed by atoms with Crippen LogP contribution in [0, 0.1) is 0 Å². The van der Waals surface area contributed by atoms with Crippen LogP contribution in [0.15, 0.2) is 47.5 Å². The topological polar surface area (TPSA) is 110 Å². The first kappa shape index (κ1) is 14.6. The van der Waals surface area contributed by atoms with Crippen molar-refractivity contribution in [3.05, 3.63) is 64.5 Å². The van der Waals surface area contributed by atoms with Crippen molar-refractivity contribution in [2.75, 3.05) is 0 Å². The lowest BCUT2D eigenvalue weighted by molar-refractivity contribution is 0.139. The number of alkyl carbamates (subject to hydrolysis) is 1. The fourth-order valence-electron chi connectivity index (χ4n) is 1.93. The SMILES string of the molecule is O=C(NCc1nc2nccnc2c(=O)[nH]1)OCc1ccccc1. The largest absolute Gasteiger partial charge is 0.445 e. The van der Waals surface area contributed by atoms with Gasteiger partial charge in [-0.05, 0) is 5.56 Å². The maximum absolute atomic E-state index is 11.8. The molecule has 0 radical (unpaired) electrons. The number of benzene rings is 1. The monoisotopic (exact) mass is 311 g/mol. The molecule has 0 aliphatic heterocycles. The number of aromatic amines is 1. The number of hydrogen-bond donors (Lipinski definition) is 2. The summed E-state index contributed by atoms with van der Waals surface area (Å²) in [5.41, 5.74) is 0.862. The lowest BCUT2D eigenvalue weighted by Crippen LogP contribution is -2.26. The molecule has 3 aromatic rings. The molecule has 0 aliphatic carbocycles. The zero-order valence-electron chi connectivity index (χ0n) is 12.0. The maximum atomic E-state index is 11.8. The Morgan fingerprint density at radius 1 is 1.17 bits per heavy atom. The third-order valence-electron chi connectivity index (χ3n) is 3.01. The lowest BCUT2D eigenvalue weighted by Gasteiger charge is -2.07. The van der Waals surface area contributed by atoms with Gasteiger partial charge >= 0.3 is 6.09 Å². The lowest BCUT2D eigenvalue weighted by atomic mass is 10.2. The van der Waals surface area contributed by atoms with E-state index >= 15 is 0 Å². The third kappa shape index (κ3) is 3.67. The van der Waals surface area contributed by atoms with Gasteiger partial charge in [0.1, 0.15) is 12.4 Å². The first-order valence-corrected chi connectivity index (χ1v) is 6.87. The molecule has 0 spiro atoms. The van der Waals surface area contributed by atoms with E-state index in [0.717, 1.165) is 5.56 Å². The zero-order chi connectivity index (χ0) is 16.1. The molecule has 8 nitrogen and oxygen atoms in total. The summed E-state index contributed by atoms with van der Waals surface area (Å²) >= 11 is 0. The number of hydrogen-bond acceptors (Lipinski definition) is 6. The Kier molecular flexibility index (Phi) is 4.23. The minimum atomic E-state index is -0.601. The molecule has 0 fully saturated rings. The van der Waals surface area contributed by atoms with Crippen LogP contribution in [0.4, 0.5) is 4.79 Å². The van der Waals surface area contributed by atoms with Crippen LogP contribution < -0.4 is 10.9 Å². The van der Waals surface area contributed by atoms with E-state index in [0.29, 0.717) is 0 Å². The standard InChI is InChI=1S/C15H13N5O3/c21-14-12-13(17-7-6-16-12)19-11(20-14)8-18-15(22)23-9-10-4-2-1-3-5-10/h1-7H,8-9H2,(H,18,22)(H,17,19,20,21). The first-order valence-electron chi connectivity index (χ1n) is 6.87. The summed E-state index contributed by atoms with van der Waals surface area (Å²) in [7, 11) is 0. The fourth-order valence-corrected chi connectivity index (χ4v) is 1.93. The van der Waals surface area contributed by atoms with Gasteiger partial charge in [0.2, 0.25) is 0 Å². The van der Waals surface area contributed by atoms with Gasteiger partial charge in [-0.15, -0.1) is 0 Å². The van der Waals surface area contributed by atoms with E-state index in [9.17, 15) is 9.59 Å². The predicted octanol–water partition coefficient (Wildman–Crippen LogP) is 1.14. The molecule has 2 heterocycles. The van der Waals surface area contributed by atoms with Gasteiger partial charge in [-0.25, -0.2) is 19.7 Å². The van der Waals surface area contributed by atoms with Crippen LogP contribution in [0.1, 0.15) is 11.4 Å². The Balaban J connectivity index is 1.60. The minimum absolute atomic E-state index is 0.0232. The van der Waals surface area contributed by atoms with E-state index in [-0.39, 0.29) is 30.1 Å². The molecule has 0 aliphatic rings. The van der Waals surface area contributed by atoms with Gasteiger partial charge in [0.25, 0.3) is 5.56 Å². The highest BCUT2D eigenvalue weighted by atomic mass is 16.5. The quantitative estimate of drug-likeness (QED) is 0.747. The average Bonchev–Trinajstić information content (AvgIpc) is 2.59. The molecule has 1 amide bonds. The second-order valence-electron chi connectivity index (χ2n) is 4.66. The van der Waals surface area contributed by atoms with Crippen LogP contribution in [0.2, 0.25) is 0 Å². The number of nitrogens with one attached hydrogen (secondary N) is 2. The number of fused-ring (bicyclic) bond motifs is 1. The molecule has 0 bridgehead atoms. The second kappa shape index (κ2) is 6.65. The van der Waals surface area contributed by atoms with Gasteiger partial charge in [0.05, 0.1) is 6.54 Å². The Morgan fingerprint density at radius 2 is 1.96 bits per heavy atom. The van der Waals surface area contributed by atoms with Crippen molar-refractivity contribution < 1.29 is 9.53 Å². The zero-order valence-corrected chi connectivity index (χ0v) is 12.0. The Bertz CT molecular complexity index is 879. The van der Waals surface area contributed by atoms with Gasteiger partial charge < -0.3 is 15.0 Å². The number of carbonyl (C=O) groups is 1. The molecular weight excluding hydrogens is 298 g/mol.